The van der Waals surface area contributed by atoms with E-state index in [0.29, 0.717) is 13.1 Å². The largest absolute Gasteiger partial charge is 0.290 e. The van der Waals surface area contributed by atoms with Crippen LogP contribution in [-0.4, -0.2) is 22.9 Å². The van der Waals surface area contributed by atoms with Gasteiger partial charge in [-0.1, -0.05) is 0 Å². The molecule has 0 aromatic heterocycles. The summed E-state index contributed by atoms with van der Waals surface area (Å²) in [6.07, 6.45) is 0. The molecule has 0 aliphatic heterocycles. The summed E-state index contributed by atoms with van der Waals surface area (Å²) in [5.74, 6) is 0. The summed E-state index contributed by atoms with van der Waals surface area (Å²) in [5.41, 5.74) is 0. The molecular formula is C6H8N2. The average Bonchev–Trinajstić information content (AvgIpc) is 1.61. The molecular weight excluding hydrogens is 100 g/mol. The van der Waals surface area contributed by atoms with Crippen molar-refractivity contribution in [2.24, 2.45) is 0 Å². The number of hydrogen-bond donors (Lipinski definition) is 0. The van der Waals surface area contributed by atoms with Crippen molar-refractivity contribution in [1.29, 1.82) is 0 Å². The topological polar surface area (TPSA) is 6.48 Å². The number of nitrogens with zero attached hydrogens (tertiary/aromatic N) is 2. The molecule has 0 aliphatic carbocycles. The Morgan fingerprint density at radius 2 is 1.00 bits per heavy atom. The molecule has 0 unspecified atom stereocenters. The normalized spacial score (nSPS) is 11.2. The fourth-order valence-corrected chi connectivity index (χ4v) is 0.231. The van der Waals surface area contributed by atoms with Crippen LogP contribution in [-0.2, 0) is 0 Å². The predicted molar refractivity (Wildman–Crippen MR) is 30.6 cm³/mol. The van der Waals surface area contributed by atoms with Crippen molar-refractivity contribution in [1.82, 2.24) is 9.80 Å². The minimum atomic E-state index is 0.451. The molecule has 0 fully saturated rings. The third kappa shape index (κ3) is 5.92. The Labute approximate surface area is 52.1 Å². The standard InChI is InChI=1S/C6H8N2/c1-7(2)5-6-8(3)4/h1-4H,5-6H2. The van der Waals surface area contributed by atoms with Gasteiger partial charge in [0.05, 0.1) is 0 Å². The second kappa shape index (κ2) is 3.87. The fraction of sp³-hybridized carbons (Fsp3) is 0.333. The maximum absolute atomic E-state index is 5.01. The molecule has 0 aromatic rings. The zero-order valence-electron chi connectivity index (χ0n) is 4.62. The molecule has 0 saturated heterocycles. The van der Waals surface area contributed by atoms with Gasteiger partial charge in [0, 0.05) is 41.3 Å². The molecule has 0 rings (SSSR count). The molecule has 0 N–H and O–H groups in total. The molecule has 2 heteroatoms. The molecule has 0 saturated carbocycles. The van der Waals surface area contributed by atoms with Crippen LogP contribution in [0.1, 0.15) is 0 Å². The summed E-state index contributed by atoms with van der Waals surface area (Å²) in [5, 5.41) is 0. The van der Waals surface area contributed by atoms with E-state index in [1.807, 2.05) is 0 Å². The van der Waals surface area contributed by atoms with Gasteiger partial charge in [-0.05, 0) is 0 Å². The van der Waals surface area contributed by atoms with E-state index >= 15 is 0 Å². The fourth-order valence-electron chi connectivity index (χ4n) is 0.231. The van der Waals surface area contributed by atoms with E-state index in [1.165, 1.54) is 0 Å². The van der Waals surface area contributed by atoms with Crippen molar-refractivity contribution in [2.45, 2.75) is 0 Å². The number of rotatable bonds is 3. The lowest BCUT2D eigenvalue weighted by Gasteiger charge is -2.11. The molecule has 0 aromatic carbocycles. The minimum absolute atomic E-state index is 0.451. The smallest absolute Gasteiger partial charge is 0.0443 e. The molecule has 0 atom stereocenters. The van der Waals surface area contributed by atoms with Crippen molar-refractivity contribution >= 4 is 0 Å². The highest BCUT2D eigenvalue weighted by atomic mass is 15.1. The van der Waals surface area contributed by atoms with Gasteiger partial charge in [0.25, 0.3) is 0 Å². The SMILES string of the molecule is [CH]N([CH])CCN([CH])[CH]. The quantitative estimate of drug-likeness (QED) is 0.479. The van der Waals surface area contributed by atoms with E-state index in [9.17, 15) is 0 Å². The average molecular weight is 108 g/mol. The monoisotopic (exact) mass is 108 g/mol. The van der Waals surface area contributed by atoms with Gasteiger partial charge in [0.15, 0.2) is 0 Å². The van der Waals surface area contributed by atoms with Crippen molar-refractivity contribution in [2.75, 3.05) is 13.1 Å². The first-order valence-electron chi connectivity index (χ1n) is 2.17. The van der Waals surface area contributed by atoms with E-state index in [2.05, 4.69) is 0 Å². The van der Waals surface area contributed by atoms with Crippen LogP contribution >= 0.6 is 0 Å². The van der Waals surface area contributed by atoms with Gasteiger partial charge in [-0.2, -0.15) is 0 Å². The van der Waals surface area contributed by atoms with Gasteiger partial charge < -0.3 is 0 Å². The summed E-state index contributed by atoms with van der Waals surface area (Å²) in [7, 11) is 20.1. The lowest BCUT2D eigenvalue weighted by Crippen LogP contribution is -2.20. The summed E-state index contributed by atoms with van der Waals surface area (Å²) in [6.45, 7) is 0.903. The van der Waals surface area contributed by atoms with E-state index < -0.39 is 0 Å². The Morgan fingerprint density at radius 1 is 0.750 bits per heavy atom. The minimum Gasteiger partial charge on any atom is -0.290 e. The van der Waals surface area contributed by atoms with Crippen LogP contribution in [0.15, 0.2) is 0 Å². The highest BCUT2D eigenvalue weighted by Crippen LogP contribution is 1.82. The number of hydrogen-bond acceptors (Lipinski definition) is 2. The first-order valence-corrected chi connectivity index (χ1v) is 2.17. The third-order valence-corrected chi connectivity index (χ3v) is 0.616. The van der Waals surface area contributed by atoms with Gasteiger partial charge in [-0.25, -0.2) is 0 Å². The summed E-state index contributed by atoms with van der Waals surface area (Å²) in [4.78, 5) is 2.04. The summed E-state index contributed by atoms with van der Waals surface area (Å²) in [6, 6.07) is 0. The molecule has 42 valence electrons. The van der Waals surface area contributed by atoms with Gasteiger partial charge in [-0.3, -0.25) is 9.80 Å². The molecule has 8 radical (unpaired) electrons. The molecule has 2 nitrogen and oxygen atoms in total. The Morgan fingerprint density at radius 3 is 1.12 bits per heavy atom. The van der Waals surface area contributed by atoms with Gasteiger partial charge in [0.2, 0.25) is 0 Å². The second-order valence-corrected chi connectivity index (χ2v) is 1.48. The van der Waals surface area contributed by atoms with Crippen LogP contribution in [0.5, 0.6) is 0 Å². The molecule has 0 heterocycles. The van der Waals surface area contributed by atoms with Crippen LogP contribution in [0, 0.1) is 28.2 Å². The lowest BCUT2D eigenvalue weighted by molar-refractivity contribution is 0.399. The summed E-state index contributed by atoms with van der Waals surface area (Å²) < 4.78 is 0. The maximum atomic E-state index is 5.01. The van der Waals surface area contributed by atoms with E-state index in [4.69, 9.17) is 28.2 Å². The van der Waals surface area contributed by atoms with Crippen LogP contribution < -0.4 is 0 Å². The Balaban J connectivity index is 2.93. The first-order chi connectivity index (χ1) is 3.63. The highest BCUT2D eigenvalue weighted by molar-refractivity contribution is 4.57. The molecule has 0 amide bonds. The molecule has 8 heavy (non-hydrogen) atoms. The second-order valence-electron chi connectivity index (χ2n) is 1.48. The van der Waals surface area contributed by atoms with Crippen molar-refractivity contribution in [3.63, 3.8) is 0 Å². The van der Waals surface area contributed by atoms with Gasteiger partial charge in [0.1, 0.15) is 0 Å². The third-order valence-electron chi connectivity index (χ3n) is 0.616. The first kappa shape index (κ1) is 7.92. The molecule has 0 bridgehead atoms. The maximum Gasteiger partial charge on any atom is 0.0443 e. The lowest BCUT2D eigenvalue weighted by atomic mass is 10.5. The van der Waals surface area contributed by atoms with Crippen molar-refractivity contribution < 1.29 is 0 Å². The van der Waals surface area contributed by atoms with Crippen LogP contribution in [0.2, 0.25) is 0 Å². The van der Waals surface area contributed by atoms with E-state index in [-0.39, 0.29) is 0 Å². The zero-order chi connectivity index (χ0) is 6.57. The molecule has 0 spiro atoms. The summed E-state index contributed by atoms with van der Waals surface area (Å²) >= 11 is 0. The van der Waals surface area contributed by atoms with Gasteiger partial charge >= 0.3 is 0 Å². The van der Waals surface area contributed by atoms with Crippen LogP contribution in [0.25, 0.3) is 0 Å². The Hall–Kier alpha value is -0.0800. The van der Waals surface area contributed by atoms with Crippen LogP contribution in [0.3, 0.4) is 0 Å². The van der Waals surface area contributed by atoms with Gasteiger partial charge in [-0.15, -0.1) is 0 Å². The van der Waals surface area contributed by atoms with E-state index in [1.54, 1.807) is 0 Å². The predicted octanol–water partition coefficient (Wildman–Crippen LogP) is 0.265. The highest BCUT2D eigenvalue weighted by Gasteiger charge is 1.91. The van der Waals surface area contributed by atoms with Crippen molar-refractivity contribution in [3.05, 3.63) is 28.2 Å². The van der Waals surface area contributed by atoms with Crippen LogP contribution in [0.4, 0.5) is 0 Å². The zero-order valence-corrected chi connectivity index (χ0v) is 4.62. The Kier molecular flexibility index (Phi) is 3.83. The Bertz CT molecular complexity index is 42.5. The van der Waals surface area contributed by atoms with E-state index in [0.717, 1.165) is 9.80 Å². The molecule has 0 aliphatic rings. The van der Waals surface area contributed by atoms with Crippen molar-refractivity contribution in [3.8, 4) is 0 Å².